The summed E-state index contributed by atoms with van der Waals surface area (Å²) in [5.74, 6) is 0.445. The summed E-state index contributed by atoms with van der Waals surface area (Å²) in [6.45, 7) is 4.98. The van der Waals surface area contributed by atoms with Crippen LogP contribution in [0.5, 0.6) is 0 Å². The third kappa shape index (κ3) is 6.12. The highest BCUT2D eigenvalue weighted by Crippen LogP contribution is 2.17. The van der Waals surface area contributed by atoms with Crippen molar-refractivity contribution in [1.82, 2.24) is 10.3 Å². The van der Waals surface area contributed by atoms with Crippen LogP contribution in [0.2, 0.25) is 0 Å². The van der Waals surface area contributed by atoms with E-state index in [2.05, 4.69) is 29.5 Å². The van der Waals surface area contributed by atoms with E-state index >= 15 is 0 Å². The summed E-state index contributed by atoms with van der Waals surface area (Å²) >= 11 is 1.37. The maximum Gasteiger partial charge on any atom is 0.257 e. The first-order chi connectivity index (χ1) is 11.5. The fraction of sp³-hybridized carbons (Fsp3) is 0.389. The number of benzene rings is 1. The molecule has 0 unspecified atom stereocenters. The third-order valence-electron chi connectivity index (χ3n) is 3.46. The van der Waals surface area contributed by atoms with Crippen LogP contribution in [0, 0.1) is 5.92 Å². The van der Waals surface area contributed by atoms with E-state index in [0.717, 1.165) is 12.1 Å². The second-order valence-electron chi connectivity index (χ2n) is 6.00. The molecule has 0 saturated carbocycles. The van der Waals surface area contributed by atoms with E-state index in [9.17, 15) is 9.59 Å². The number of nitrogens with zero attached hydrogens (tertiary/aromatic N) is 1. The number of amides is 2. The molecule has 0 fully saturated rings. The highest BCUT2D eigenvalue weighted by Gasteiger charge is 2.10. The molecule has 2 aromatic rings. The van der Waals surface area contributed by atoms with Crippen LogP contribution in [-0.2, 0) is 11.2 Å². The molecule has 0 aliphatic carbocycles. The summed E-state index contributed by atoms with van der Waals surface area (Å²) in [5, 5.41) is 8.12. The van der Waals surface area contributed by atoms with Crippen LogP contribution >= 0.6 is 11.3 Å². The van der Waals surface area contributed by atoms with Crippen LogP contribution in [0.25, 0.3) is 0 Å². The standard InChI is InChI=1S/C18H23N3O2S/c1-13(2)10-11-19-16(22)9-8-15-12-24-18(20-15)21-17(23)14-6-4-3-5-7-14/h3-7,12-13H,8-11H2,1-2H3,(H,19,22)(H,20,21,23). The van der Waals surface area contributed by atoms with E-state index in [1.54, 1.807) is 12.1 Å². The second kappa shape index (κ2) is 9.17. The maximum atomic E-state index is 12.1. The van der Waals surface area contributed by atoms with Crippen LogP contribution in [0.15, 0.2) is 35.7 Å². The smallest absolute Gasteiger partial charge is 0.257 e. The molecule has 0 aliphatic rings. The monoisotopic (exact) mass is 345 g/mol. The Hall–Kier alpha value is -2.21. The number of thiazole rings is 1. The summed E-state index contributed by atoms with van der Waals surface area (Å²) in [4.78, 5) is 28.2. The normalized spacial score (nSPS) is 10.6. The van der Waals surface area contributed by atoms with Gasteiger partial charge in [0.25, 0.3) is 5.91 Å². The molecule has 2 N–H and O–H groups in total. The van der Waals surface area contributed by atoms with Crippen molar-refractivity contribution in [3.05, 3.63) is 47.0 Å². The molecule has 0 atom stereocenters. The van der Waals surface area contributed by atoms with Crippen LogP contribution in [-0.4, -0.2) is 23.3 Å². The average molecular weight is 345 g/mol. The summed E-state index contributed by atoms with van der Waals surface area (Å²) in [5.41, 5.74) is 1.42. The van der Waals surface area contributed by atoms with E-state index in [1.165, 1.54) is 11.3 Å². The summed E-state index contributed by atoms with van der Waals surface area (Å²) in [6, 6.07) is 9.02. The Bertz CT molecular complexity index is 668. The molecule has 0 spiro atoms. The molecule has 0 radical (unpaired) electrons. The molecular weight excluding hydrogens is 322 g/mol. The van der Waals surface area contributed by atoms with Crippen LogP contribution in [0.1, 0.15) is 42.7 Å². The topological polar surface area (TPSA) is 71.1 Å². The molecule has 2 rings (SSSR count). The van der Waals surface area contributed by atoms with E-state index in [1.807, 2.05) is 23.6 Å². The molecule has 24 heavy (non-hydrogen) atoms. The Morgan fingerprint density at radius 3 is 2.67 bits per heavy atom. The number of hydrogen-bond acceptors (Lipinski definition) is 4. The number of carbonyl (C=O) groups is 2. The second-order valence-corrected chi connectivity index (χ2v) is 6.85. The lowest BCUT2D eigenvalue weighted by Gasteiger charge is -2.06. The number of anilines is 1. The molecule has 0 saturated heterocycles. The summed E-state index contributed by atoms with van der Waals surface area (Å²) in [6.07, 6.45) is 1.97. The fourth-order valence-corrected chi connectivity index (χ4v) is 2.81. The zero-order valence-electron chi connectivity index (χ0n) is 14.0. The minimum Gasteiger partial charge on any atom is -0.356 e. The van der Waals surface area contributed by atoms with Gasteiger partial charge in [-0.25, -0.2) is 4.98 Å². The Balaban J connectivity index is 1.77. The first-order valence-electron chi connectivity index (χ1n) is 8.12. The Labute approximate surface area is 146 Å². The van der Waals surface area contributed by atoms with Crippen molar-refractivity contribution in [1.29, 1.82) is 0 Å². The van der Waals surface area contributed by atoms with Gasteiger partial charge in [-0.3, -0.25) is 14.9 Å². The minimum atomic E-state index is -0.178. The van der Waals surface area contributed by atoms with Gasteiger partial charge in [0.1, 0.15) is 0 Å². The van der Waals surface area contributed by atoms with Crippen LogP contribution in [0.3, 0.4) is 0 Å². The van der Waals surface area contributed by atoms with Gasteiger partial charge < -0.3 is 5.32 Å². The fourth-order valence-electron chi connectivity index (χ4n) is 2.07. The van der Waals surface area contributed by atoms with E-state index < -0.39 is 0 Å². The van der Waals surface area contributed by atoms with Gasteiger partial charge in [-0.05, 0) is 30.9 Å². The number of aromatic nitrogens is 1. The number of carbonyl (C=O) groups excluding carboxylic acids is 2. The predicted molar refractivity (Wildman–Crippen MR) is 97.3 cm³/mol. The summed E-state index contributed by atoms with van der Waals surface area (Å²) in [7, 11) is 0. The summed E-state index contributed by atoms with van der Waals surface area (Å²) < 4.78 is 0. The van der Waals surface area contributed by atoms with Gasteiger partial charge in [0.2, 0.25) is 5.91 Å². The number of rotatable bonds is 8. The van der Waals surface area contributed by atoms with Crippen molar-refractivity contribution < 1.29 is 9.59 Å². The molecular formula is C18H23N3O2S. The SMILES string of the molecule is CC(C)CCNC(=O)CCc1csc(NC(=O)c2ccccc2)n1. The zero-order valence-corrected chi connectivity index (χ0v) is 14.9. The largest absolute Gasteiger partial charge is 0.356 e. The minimum absolute atomic E-state index is 0.0403. The quantitative estimate of drug-likeness (QED) is 0.769. The molecule has 2 amide bonds. The van der Waals surface area contributed by atoms with Crippen molar-refractivity contribution in [2.24, 2.45) is 5.92 Å². The number of nitrogens with one attached hydrogen (secondary N) is 2. The van der Waals surface area contributed by atoms with Gasteiger partial charge in [0, 0.05) is 23.9 Å². The molecule has 0 bridgehead atoms. The van der Waals surface area contributed by atoms with Gasteiger partial charge in [-0.1, -0.05) is 32.0 Å². The molecule has 0 aliphatic heterocycles. The predicted octanol–water partition coefficient (Wildman–Crippen LogP) is 3.49. The first-order valence-corrected chi connectivity index (χ1v) is 9.00. The number of aryl methyl sites for hydroxylation is 1. The van der Waals surface area contributed by atoms with Crippen molar-refractivity contribution in [3.8, 4) is 0 Å². The van der Waals surface area contributed by atoms with Crippen molar-refractivity contribution >= 4 is 28.3 Å². The Morgan fingerprint density at radius 2 is 1.96 bits per heavy atom. The molecule has 6 heteroatoms. The molecule has 128 valence electrons. The molecule has 1 aromatic carbocycles. The van der Waals surface area contributed by atoms with Gasteiger partial charge in [-0.15, -0.1) is 11.3 Å². The van der Waals surface area contributed by atoms with Gasteiger partial charge in [0.15, 0.2) is 5.13 Å². The van der Waals surface area contributed by atoms with Crippen LogP contribution < -0.4 is 10.6 Å². The Kier molecular flexibility index (Phi) is 6.93. The third-order valence-corrected chi connectivity index (χ3v) is 4.27. The molecule has 5 nitrogen and oxygen atoms in total. The van der Waals surface area contributed by atoms with Crippen LogP contribution in [0.4, 0.5) is 5.13 Å². The maximum absolute atomic E-state index is 12.1. The lowest BCUT2D eigenvalue weighted by Crippen LogP contribution is -2.25. The van der Waals surface area contributed by atoms with Gasteiger partial charge in [-0.2, -0.15) is 0 Å². The zero-order chi connectivity index (χ0) is 17.4. The van der Waals surface area contributed by atoms with E-state index in [0.29, 0.717) is 36.0 Å². The molecule has 1 heterocycles. The highest BCUT2D eigenvalue weighted by molar-refractivity contribution is 7.14. The van der Waals surface area contributed by atoms with Crippen molar-refractivity contribution in [2.45, 2.75) is 33.1 Å². The van der Waals surface area contributed by atoms with E-state index in [-0.39, 0.29) is 11.8 Å². The van der Waals surface area contributed by atoms with Gasteiger partial charge in [0.05, 0.1) is 5.69 Å². The lowest BCUT2D eigenvalue weighted by atomic mass is 10.1. The Morgan fingerprint density at radius 1 is 1.21 bits per heavy atom. The van der Waals surface area contributed by atoms with Crippen molar-refractivity contribution in [2.75, 3.05) is 11.9 Å². The van der Waals surface area contributed by atoms with E-state index in [4.69, 9.17) is 0 Å². The highest BCUT2D eigenvalue weighted by atomic mass is 32.1. The first kappa shape index (κ1) is 18.1. The number of hydrogen-bond donors (Lipinski definition) is 2. The van der Waals surface area contributed by atoms with Gasteiger partial charge >= 0.3 is 0 Å². The average Bonchev–Trinajstić information content (AvgIpc) is 3.01. The lowest BCUT2D eigenvalue weighted by molar-refractivity contribution is -0.121. The molecule has 1 aromatic heterocycles. The van der Waals surface area contributed by atoms with Crippen molar-refractivity contribution in [3.63, 3.8) is 0 Å².